The van der Waals surface area contributed by atoms with Crippen LogP contribution >= 0.6 is 0 Å². The lowest BCUT2D eigenvalue weighted by Gasteiger charge is -2.25. The molecule has 0 bridgehead atoms. The van der Waals surface area contributed by atoms with Crippen molar-refractivity contribution in [3.8, 4) is 0 Å². The Balaban J connectivity index is 2.55. The molecule has 0 fully saturated rings. The van der Waals surface area contributed by atoms with Crippen LogP contribution in [0.2, 0.25) is 0 Å². The predicted molar refractivity (Wildman–Crippen MR) is 81.8 cm³/mol. The van der Waals surface area contributed by atoms with Crippen LogP contribution in [0.15, 0.2) is 24.3 Å². The molecule has 4 nitrogen and oxygen atoms in total. The molecule has 1 heterocycles. The number of hydrogen-bond donors (Lipinski definition) is 1. The summed E-state index contributed by atoms with van der Waals surface area (Å²) in [4.78, 5) is 11.5. The Morgan fingerprint density at radius 3 is 2.58 bits per heavy atom. The monoisotopic (exact) mass is 258 g/mol. The van der Waals surface area contributed by atoms with E-state index in [2.05, 4.69) is 47.0 Å². The first-order chi connectivity index (χ1) is 9.15. The number of hydrogen-bond acceptors (Lipinski definition) is 4. The van der Waals surface area contributed by atoms with Crippen molar-refractivity contribution in [2.45, 2.75) is 20.8 Å². The highest BCUT2D eigenvalue weighted by molar-refractivity contribution is 5.90. The molecule has 0 atom stereocenters. The topological polar surface area (TPSA) is 41.1 Å². The van der Waals surface area contributed by atoms with E-state index >= 15 is 0 Å². The molecular formula is C15H22N4. The summed E-state index contributed by atoms with van der Waals surface area (Å²) in [6, 6.07) is 8.17. The maximum atomic E-state index is 4.65. The van der Waals surface area contributed by atoms with Crippen molar-refractivity contribution < 1.29 is 0 Å². The van der Waals surface area contributed by atoms with Gasteiger partial charge in [0.25, 0.3) is 0 Å². The molecule has 1 N–H and O–H groups in total. The second-order valence-electron chi connectivity index (χ2n) is 5.07. The van der Waals surface area contributed by atoms with Crippen LogP contribution in [-0.4, -0.2) is 30.1 Å². The molecule has 0 saturated heterocycles. The van der Waals surface area contributed by atoms with Gasteiger partial charge in [0.15, 0.2) is 0 Å². The summed E-state index contributed by atoms with van der Waals surface area (Å²) in [6.07, 6.45) is 0. The third kappa shape index (κ3) is 2.95. The molecular weight excluding hydrogens is 236 g/mol. The van der Waals surface area contributed by atoms with Crippen LogP contribution < -0.4 is 10.2 Å². The molecule has 0 radical (unpaired) electrons. The number of nitrogens with zero attached hydrogens (tertiary/aromatic N) is 3. The van der Waals surface area contributed by atoms with E-state index in [1.54, 1.807) is 0 Å². The molecule has 0 aliphatic carbocycles. The van der Waals surface area contributed by atoms with E-state index in [0.717, 1.165) is 29.8 Å². The lowest BCUT2D eigenvalue weighted by atomic mass is 10.2. The summed E-state index contributed by atoms with van der Waals surface area (Å²) in [5, 5.41) is 4.16. The number of benzene rings is 1. The van der Waals surface area contributed by atoms with E-state index in [-0.39, 0.29) is 0 Å². The van der Waals surface area contributed by atoms with Gasteiger partial charge in [0.2, 0.25) is 5.95 Å². The molecule has 0 aliphatic rings. The number of fused-ring (bicyclic) bond motifs is 1. The minimum absolute atomic E-state index is 0.603. The fraction of sp³-hybridized carbons (Fsp3) is 0.467. The fourth-order valence-electron chi connectivity index (χ4n) is 2.22. The lowest BCUT2D eigenvalue weighted by Crippen LogP contribution is -2.28. The average molecular weight is 258 g/mol. The average Bonchev–Trinajstić information content (AvgIpc) is 2.43. The minimum Gasteiger partial charge on any atom is -0.357 e. The molecule has 0 amide bonds. The van der Waals surface area contributed by atoms with E-state index < -0.39 is 0 Å². The van der Waals surface area contributed by atoms with Crippen LogP contribution in [0.3, 0.4) is 0 Å². The second kappa shape index (κ2) is 5.87. The highest BCUT2D eigenvalue weighted by atomic mass is 15.2. The molecule has 1 aromatic carbocycles. The first kappa shape index (κ1) is 13.6. The summed E-state index contributed by atoms with van der Waals surface area (Å²) < 4.78 is 0. The van der Waals surface area contributed by atoms with Crippen LogP contribution in [0.5, 0.6) is 0 Å². The molecule has 0 saturated carbocycles. The Hall–Kier alpha value is -1.84. The molecule has 102 valence electrons. The van der Waals surface area contributed by atoms with Gasteiger partial charge in [-0.15, -0.1) is 0 Å². The van der Waals surface area contributed by atoms with Crippen molar-refractivity contribution >= 4 is 22.7 Å². The Morgan fingerprint density at radius 2 is 1.95 bits per heavy atom. The van der Waals surface area contributed by atoms with Gasteiger partial charge in [0.1, 0.15) is 5.82 Å². The van der Waals surface area contributed by atoms with Crippen molar-refractivity contribution in [1.29, 1.82) is 0 Å². The Morgan fingerprint density at radius 1 is 1.21 bits per heavy atom. The Kier molecular flexibility index (Phi) is 4.20. The molecule has 4 heteroatoms. The van der Waals surface area contributed by atoms with Gasteiger partial charge in [-0.2, -0.15) is 4.98 Å². The summed E-state index contributed by atoms with van der Waals surface area (Å²) in [7, 11) is 1.85. The summed E-state index contributed by atoms with van der Waals surface area (Å²) >= 11 is 0. The van der Waals surface area contributed by atoms with Crippen LogP contribution in [0.4, 0.5) is 11.8 Å². The van der Waals surface area contributed by atoms with Gasteiger partial charge in [-0.1, -0.05) is 26.0 Å². The number of rotatable bonds is 5. The Labute approximate surface area is 114 Å². The van der Waals surface area contributed by atoms with Crippen LogP contribution in [0.25, 0.3) is 10.9 Å². The maximum absolute atomic E-state index is 4.65. The molecule has 0 aliphatic heterocycles. The first-order valence-corrected chi connectivity index (χ1v) is 6.85. The van der Waals surface area contributed by atoms with Crippen LogP contribution in [0.1, 0.15) is 20.8 Å². The normalized spacial score (nSPS) is 11.0. The van der Waals surface area contributed by atoms with E-state index in [9.17, 15) is 0 Å². The van der Waals surface area contributed by atoms with Crippen LogP contribution in [0, 0.1) is 5.92 Å². The molecule has 19 heavy (non-hydrogen) atoms. The smallest absolute Gasteiger partial charge is 0.224 e. The van der Waals surface area contributed by atoms with Gasteiger partial charge >= 0.3 is 0 Å². The van der Waals surface area contributed by atoms with Gasteiger partial charge in [0.05, 0.1) is 5.52 Å². The quantitative estimate of drug-likeness (QED) is 0.894. The number of aromatic nitrogens is 2. The Bertz CT molecular complexity index is 551. The summed E-state index contributed by atoms with van der Waals surface area (Å²) in [5.41, 5.74) is 0.985. The zero-order chi connectivity index (χ0) is 13.8. The maximum Gasteiger partial charge on any atom is 0.224 e. The molecule has 0 unspecified atom stereocenters. The van der Waals surface area contributed by atoms with E-state index in [1.165, 1.54) is 0 Å². The lowest BCUT2D eigenvalue weighted by molar-refractivity contribution is 0.616. The number of para-hydroxylation sites is 1. The van der Waals surface area contributed by atoms with Crippen molar-refractivity contribution in [3.63, 3.8) is 0 Å². The number of anilines is 2. The van der Waals surface area contributed by atoms with Crippen LogP contribution in [-0.2, 0) is 0 Å². The first-order valence-electron chi connectivity index (χ1n) is 6.85. The number of nitrogens with one attached hydrogen (secondary N) is 1. The van der Waals surface area contributed by atoms with E-state index in [1.807, 2.05) is 25.2 Å². The zero-order valence-electron chi connectivity index (χ0n) is 12.1. The van der Waals surface area contributed by atoms with Gasteiger partial charge in [0, 0.05) is 25.5 Å². The van der Waals surface area contributed by atoms with Crippen molar-refractivity contribution in [1.82, 2.24) is 9.97 Å². The largest absolute Gasteiger partial charge is 0.357 e. The molecule has 1 aromatic heterocycles. The molecule has 2 rings (SSSR count). The highest BCUT2D eigenvalue weighted by Crippen LogP contribution is 2.25. The van der Waals surface area contributed by atoms with Crippen molar-refractivity contribution in [2.75, 3.05) is 30.4 Å². The SMILES string of the molecule is CCN(CC(C)C)c1nc(NC)nc2ccccc12. The fourth-order valence-corrected chi connectivity index (χ4v) is 2.22. The minimum atomic E-state index is 0.603. The standard InChI is InChI=1S/C15H22N4/c1-5-19(10-11(2)3)14-12-8-6-7-9-13(12)17-15(16-4)18-14/h6-9,11H,5,10H2,1-4H3,(H,16,17,18). The summed E-state index contributed by atoms with van der Waals surface area (Å²) in [6.45, 7) is 8.57. The van der Waals surface area contributed by atoms with Gasteiger partial charge in [-0.3, -0.25) is 0 Å². The zero-order valence-corrected chi connectivity index (χ0v) is 12.1. The summed E-state index contributed by atoms with van der Waals surface area (Å²) in [5.74, 6) is 2.30. The van der Waals surface area contributed by atoms with E-state index in [0.29, 0.717) is 11.9 Å². The van der Waals surface area contributed by atoms with Gasteiger partial charge in [-0.25, -0.2) is 4.98 Å². The van der Waals surface area contributed by atoms with Crippen molar-refractivity contribution in [3.05, 3.63) is 24.3 Å². The molecule has 2 aromatic rings. The third-order valence-electron chi connectivity index (χ3n) is 3.07. The second-order valence-corrected chi connectivity index (χ2v) is 5.07. The van der Waals surface area contributed by atoms with Crippen molar-refractivity contribution in [2.24, 2.45) is 5.92 Å². The third-order valence-corrected chi connectivity index (χ3v) is 3.07. The van der Waals surface area contributed by atoms with Gasteiger partial charge < -0.3 is 10.2 Å². The van der Waals surface area contributed by atoms with Gasteiger partial charge in [-0.05, 0) is 25.0 Å². The van der Waals surface area contributed by atoms with E-state index in [4.69, 9.17) is 0 Å². The predicted octanol–water partition coefficient (Wildman–Crippen LogP) is 3.15. The highest BCUT2D eigenvalue weighted by Gasteiger charge is 2.13. The molecule has 0 spiro atoms.